The van der Waals surface area contributed by atoms with Gasteiger partial charge >= 0.3 is 5.97 Å². The number of likely N-dealkylation sites (N-methyl/N-ethyl adjacent to an activating group) is 1. The molecule has 0 saturated carbocycles. The summed E-state index contributed by atoms with van der Waals surface area (Å²) in [5.74, 6) is 0.668. The Labute approximate surface area is 91.1 Å². The van der Waals surface area contributed by atoms with Crippen molar-refractivity contribution in [3.05, 3.63) is 12.3 Å². The van der Waals surface area contributed by atoms with Crippen LogP contribution in [0.4, 0.5) is 0 Å². The van der Waals surface area contributed by atoms with Crippen LogP contribution in [0.15, 0.2) is 12.3 Å². The average Bonchev–Trinajstić information content (AvgIpc) is 2.29. The number of carbonyl (C=O) groups excluding carboxylic acids is 1. The van der Waals surface area contributed by atoms with Crippen LogP contribution >= 0.6 is 0 Å². The Bertz CT molecular complexity index is 324. The van der Waals surface area contributed by atoms with Gasteiger partial charge in [-0.1, -0.05) is 27.4 Å². The Morgan fingerprint density at radius 2 is 2.20 bits per heavy atom. The molecule has 0 bridgehead atoms. The normalized spacial score (nSPS) is 39.1. The van der Waals surface area contributed by atoms with Crippen LogP contribution in [0, 0.1) is 11.8 Å². The van der Waals surface area contributed by atoms with Gasteiger partial charge < -0.3 is 9.64 Å². The molecule has 2 heterocycles. The minimum Gasteiger partial charge on any atom is -0.457 e. The molecular formula is C12H19NO2. The van der Waals surface area contributed by atoms with E-state index < -0.39 is 5.54 Å². The molecule has 3 nitrogen and oxygen atoms in total. The number of carbonyl (C=O) groups is 1. The lowest BCUT2D eigenvalue weighted by Gasteiger charge is -2.47. The molecular weight excluding hydrogens is 190 g/mol. The molecule has 2 aliphatic rings. The van der Waals surface area contributed by atoms with Gasteiger partial charge in [0.1, 0.15) is 6.10 Å². The van der Waals surface area contributed by atoms with E-state index in [1.807, 2.05) is 11.9 Å². The van der Waals surface area contributed by atoms with Gasteiger partial charge in [-0.2, -0.15) is 0 Å². The lowest BCUT2D eigenvalue weighted by molar-refractivity contribution is -0.203. The lowest BCUT2D eigenvalue weighted by Crippen LogP contribution is -2.67. The molecule has 0 spiro atoms. The van der Waals surface area contributed by atoms with E-state index in [1.54, 1.807) is 0 Å². The molecule has 1 unspecified atom stereocenters. The first-order valence-corrected chi connectivity index (χ1v) is 5.55. The topological polar surface area (TPSA) is 29.5 Å². The van der Waals surface area contributed by atoms with Crippen molar-refractivity contribution in [2.24, 2.45) is 11.8 Å². The van der Waals surface area contributed by atoms with Gasteiger partial charge in [-0.3, -0.25) is 0 Å². The van der Waals surface area contributed by atoms with Gasteiger partial charge in [0, 0.05) is 18.7 Å². The van der Waals surface area contributed by atoms with Crippen LogP contribution in [0.5, 0.6) is 0 Å². The second-order valence-electron chi connectivity index (χ2n) is 5.19. The van der Waals surface area contributed by atoms with Crippen LogP contribution < -0.4 is 0 Å². The standard InChI is InChI=1S/C12H19NO2/c1-7(2)6-12-10(15-11(12)14)8(3)9(4)13(12)5/h7-8,10H,4,6H2,1-3,5H3/t8-,10-,12?/m0/s1. The van der Waals surface area contributed by atoms with Crippen LogP contribution in [0.25, 0.3) is 0 Å². The van der Waals surface area contributed by atoms with E-state index in [-0.39, 0.29) is 18.0 Å². The number of rotatable bonds is 2. The molecule has 3 atom stereocenters. The molecule has 2 rings (SSSR count). The zero-order valence-corrected chi connectivity index (χ0v) is 9.91. The molecule has 2 fully saturated rings. The van der Waals surface area contributed by atoms with Gasteiger partial charge in [0.05, 0.1) is 0 Å². The Morgan fingerprint density at radius 3 is 2.60 bits per heavy atom. The van der Waals surface area contributed by atoms with Crippen molar-refractivity contribution >= 4 is 5.97 Å². The monoisotopic (exact) mass is 209 g/mol. The van der Waals surface area contributed by atoms with Crippen molar-refractivity contribution < 1.29 is 9.53 Å². The molecule has 0 aromatic heterocycles. The third-order valence-corrected chi connectivity index (χ3v) is 3.79. The highest BCUT2D eigenvalue weighted by molar-refractivity contribution is 5.89. The average molecular weight is 209 g/mol. The summed E-state index contributed by atoms with van der Waals surface area (Å²) in [6, 6.07) is 0. The molecule has 0 N–H and O–H groups in total. The number of likely N-dealkylation sites (tertiary alicyclic amines) is 1. The summed E-state index contributed by atoms with van der Waals surface area (Å²) >= 11 is 0. The maximum absolute atomic E-state index is 11.8. The molecule has 2 saturated heterocycles. The highest BCUT2D eigenvalue weighted by atomic mass is 16.6. The fourth-order valence-corrected chi connectivity index (χ4v) is 2.91. The zero-order valence-electron chi connectivity index (χ0n) is 9.91. The van der Waals surface area contributed by atoms with E-state index in [9.17, 15) is 4.79 Å². The second kappa shape index (κ2) is 3.00. The van der Waals surface area contributed by atoms with E-state index in [2.05, 4.69) is 27.4 Å². The summed E-state index contributed by atoms with van der Waals surface area (Å²) in [4.78, 5) is 13.8. The number of hydrogen-bond donors (Lipinski definition) is 0. The fraction of sp³-hybridized carbons (Fsp3) is 0.750. The van der Waals surface area contributed by atoms with Gasteiger partial charge in [0.25, 0.3) is 0 Å². The summed E-state index contributed by atoms with van der Waals surface area (Å²) in [5, 5.41) is 0. The molecule has 0 aromatic carbocycles. The first-order valence-electron chi connectivity index (χ1n) is 5.55. The smallest absolute Gasteiger partial charge is 0.336 e. The van der Waals surface area contributed by atoms with Crippen molar-refractivity contribution in [1.82, 2.24) is 4.90 Å². The van der Waals surface area contributed by atoms with E-state index in [4.69, 9.17) is 4.74 Å². The Morgan fingerprint density at radius 1 is 1.60 bits per heavy atom. The number of fused-ring (bicyclic) bond motifs is 1. The summed E-state index contributed by atoms with van der Waals surface area (Å²) < 4.78 is 5.28. The molecule has 0 aliphatic carbocycles. The zero-order chi connectivity index (χ0) is 11.4. The minimum atomic E-state index is -0.412. The van der Waals surface area contributed by atoms with Crippen LogP contribution in [0.3, 0.4) is 0 Å². The third-order valence-electron chi connectivity index (χ3n) is 3.79. The van der Waals surface area contributed by atoms with Crippen LogP contribution in [0.2, 0.25) is 0 Å². The van der Waals surface area contributed by atoms with Gasteiger partial charge in [-0.15, -0.1) is 0 Å². The summed E-state index contributed by atoms with van der Waals surface area (Å²) in [6.07, 6.45) is 0.876. The number of nitrogens with zero attached hydrogens (tertiary/aromatic N) is 1. The third kappa shape index (κ3) is 1.09. The molecule has 0 radical (unpaired) electrons. The molecule has 0 aromatic rings. The molecule has 2 aliphatic heterocycles. The van der Waals surface area contributed by atoms with Gasteiger partial charge in [0.15, 0.2) is 5.54 Å². The predicted molar refractivity (Wildman–Crippen MR) is 58.1 cm³/mol. The van der Waals surface area contributed by atoms with E-state index in [1.165, 1.54) is 0 Å². The molecule has 3 heteroatoms. The first-order chi connectivity index (χ1) is 6.91. The van der Waals surface area contributed by atoms with Crippen molar-refractivity contribution in [2.75, 3.05) is 7.05 Å². The minimum absolute atomic E-state index is 0.0184. The van der Waals surface area contributed by atoms with Crippen molar-refractivity contribution in [1.29, 1.82) is 0 Å². The van der Waals surface area contributed by atoms with Crippen LogP contribution in [-0.4, -0.2) is 29.6 Å². The van der Waals surface area contributed by atoms with E-state index >= 15 is 0 Å². The SMILES string of the molecule is C=C1[C@H](C)[C@@H]2OC(=O)C2(CC(C)C)N1C. The largest absolute Gasteiger partial charge is 0.457 e. The van der Waals surface area contributed by atoms with Crippen molar-refractivity contribution in [3.8, 4) is 0 Å². The molecule has 15 heavy (non-hydrogen) atoms. The second-order valence-corrected chi connectivity index (χ2v) is 5.19. The summed E-state index contributed by atoms with van der Waals surface area (Å²) in [6.45, 7) is 10.4. The summed E-state index contributed by atoms with van der Waals surface area (Å²) in [5.41, 5.74) is 0.608. The highest BCUT2D eigenvalue weighted by Gasteiger charge is 2.67. The van der Waals surface area contributed by atoms with E-state index in [0.717, 1.165) is 12.1 Å². The maximum Gasteiger partial charge on any atom is 0.336 e. The Hall–Kier alpha value is -0.990. The quantitative estimate of drug-likeness (QED) is 0.649. The van der Waals surface area contributed by atoms with Gasteiger partial charge in [-0.25, -0.2) is 4.79 Å². The van der Waals surface area contributed by atoms with Crippen LogP contribution in [-0.2, 0) is 9.53 Å². The number of esters is 1. The number of ether oxygens (including phenoxy) is 1. The van der Waals surface area contributed by atoms with E-state index in [0.29, 0.717) is 5.92 Å². The molecule has 84 valence electrons. The van der Waals surface area contributed by atoms with Crippen LogP contribution in [0.1, 0.15) is 27.2 Å². The Balaban J connectivity index is 2.34. The summed E-state index contributed by atoms with van der Waals surface area (Å²) in [7, 11) is 1.96. The number of hydrogen-bond acceptors (Lipinski definition) is 3. The first kappa shape index (κ1) is 10.5. The van der Waals surface area contributed by atoms with Gasteiger partial charge in [-0.05, 0) is 12.3 Å². The predicted octanol–water partition coefficient (Wildman–Crippen LogP) is 1.79. The van der Waals surface area contributed by atoms with Gasteiger partial charge in [0.2, 0.25) is 0 Å². The Kier molecular flexibility index (Phi) is 2.11. The lowest BCUT2D eigenvalue weighted by atomic mass is 9.78. The fourth-order valence-electron chi connectivity index (χ4n) is 2.91. The molecule has 0 amide bonds. The van der Waals surface area contributed by atoms with Crippen molar-refractivity contribution in [2.45, 2.75) is 38.8 Å². The highest BCUT2D eigenvalue weighted by Crippen LogP contribution is 2.51. The van der Waals surface area contributed by atoms with Crippen molar-refractivity contribution in [3.63, 3.8) is 0 Å². The maximum atomic E-state index is 11.8.